The van der Waals surface area contributed by atoms with Crippen molar-refractivity contribution in [3.05, 3.63) is 77.8 Å². The third kappa shape index (κ3) is 4.56. The van der Waals surface area contributed by atoms with Crippen LogP contribution in [0.4, 0.5) is 4.39 Å². The van der Waals surface area contributed by atoms with Gasteiger partial charge in [0.25, 0.3) is 0 Å². The molecule has 0 aromatic heterocycles. The predicted molar refractivity (Wildman–Crippen MR) is 124 cm³/mol. The molecule has 1 fully saturated rings. The van der Waals surface area contributed by atoms with Crippen molar-refractivity contribution in [1.29, 1.82) is 0 Å². The monoisotopic (exact) mass is 459 g/mol. The van der Waals surface area contributed by atoms with Crippen molar-refractivity contribution in [3.63, 3.8) is 0 Å². The zero-order valence-corrected chi connectivity index (χ0v) is 18.9. The number of likely N-dealkylation sites (N-methyl/N-ethyl adjacent to an activating group) is 1. The van der Waals surface area contributed by atoms with Crippen molar-refractivity contribution in [3.8, 4) is 5.75 Å². The van der Waals surface area contributed by atoms with Crippen LogP contribution in [0.15, 0.2) is 60.3 Å². The number of hydrogen-bond acceptors (Lipinski definition) is 5. The highest BCUT2D eigenvalue weighted by molar-refractivity contribution is 7.90. The molecule has 1 saturated heterocycles. The zero-order chi connectivity index (χ0) is 22.9. The van der Waals surface area contributed by atoms with E-state index >= 15 is 0 Å². The van der Waals surface area contributed by atoms with Crippen LogP contribution in [0.5, 0.6) is 5.75 Å². The molecule has 171 valence electrons. The number of rotatable bonds is 6. The van der Waals surface area contributed by atoms with Crippen LogP contribution in [0.25, 0.3) is 5.57 Å². The van der Waals surface area contributed by atoms with Gasteiger partial charge in [-0.15, -0.1) is 0 Å². The van der Waals surface area contributed by atoms with E-state index in [0.29, 0.717) is 23.4 Å². The van der Waals surface area contributed by atoms with Gasteiger partial charge >= 0.3 is 0 Å². The maximum absolute atomic E-state index is 14.5. The number of hydrogen-bond donors (Lipinski definition) is 1. The molecule has 4 rings (SSSR count). The quantitative estimate of drug-likeness (QED) is 0.704. The molecule has 8 heteroatoms. The van der Waals surface area contributed by atoms with E-state index in [1.165, 1.54) is 11.0 Å². The molecular formula is C24H28FN2O4S. The van der Waals surface area contributed by atoms with E-state index in [1.807, 2.05) is 0 Å². The Morgan fingerprint density at radius 2 is 2.09 bits per heavy atom. The van der Waals surface area contributed by atoms with Gasteiger partial charge in [0, 0.05) is 31.9 Å². The minimum absolute atomic E-state index is 0. The molecule has 2 atom stereocenters. The fraction of sp³-hybridized carbons (Fsp3) is 0.333. The molecule has 6 nitrogen and oxygen atoms in total. The number of nitrogens with zero attached hydrogens (tertiary/aromatic N) is 1. The number of ether oxygens (including phenoxy) is 1. The second-order valence-electron chi connectivity index (χ2n) is 8.09. The molecule has 1 amide bonds. The number of carbonyl (C=O) groups excluding carboxylic acids is 1. The highest BCUT2D eigenvalue weighted by Crippen LogP contribution is 2.41. The van der Waals surface area contributed by atoms with Crippen molar-refractivity contribution >= 4 is 21.3 Å². The van der Waals surface area contributed by atoms with Crippen LogP contribution in [0.3, 0.4) is 0 Å². The van der Waals surface area contributed by atoms with Crippen LogP contribution in [0.1, 0.15) is 25.9 Å². The number of sulfone groups is 1. The van der Waals surface area contributed by atoms with Crippen LogP contribution < -0.4 is 10.1 Å². The molecule has 32 heavy (non-hydrogen) atoms. The molecule has 1 aromatic carbocycles. The first kappa shape index (κ1) is 22.5. The molecule has 3 aliphatic rings. The number of carbonyl (C=O) groups is 1. The summed E-state index contributed by atoms with van der Waals surface area (Å²) in [5, 5.41) is 3.25. The van der Waals surface area contributed by atoms with E-state index in [0.717, 1.165) is 12.0 Å². The van der Waals surface area contributed by atoms with Crippen LogP contribution in [-0.4, -0.2) is 44.6 Å². The fourth-order valence-electron chi connectivity index (χ4n) is 4.20. The maximum atomic E-state index is 14.5. The van der Waals surface area contributed by atoms with Crippen molar-refractivity contribution in [2.24, 2.45) is 5.92 Å². The Labute approximate surface area is 189 Å². The number of amides is 1. The lowest BCUT2D eigenvalue weighted by Gasteiger charge is -2.32. The highest BCUT2D eigenvalue weighted by atomic mass is 32.2. The summed E-state index contributed by atoms with van der Waals surface area (Å²) in [5.41, 5.74) is 2.16. The maximum Gasteiger partial charge on any atom is 0.244 e. The third-order valence-corrected chi connectivity index (χ3v) is 7.57. The van der Waals surface area contributed by atoms with E-state index in [2.05, 4.69) is 5.32 Å². The zero-order valence-electron chi connectivity index (χ0n) is 18.0. The molecular weight excluding hydrogens is 431 g/mol. The smallest absolute Gasteiger partial charge is 0.244 e. The number of nitrogens with one attached hydrogen (secondary N) is 1. The van der Waals surface area contributed by atoms with E-state index in [-0.39, 0.29) is 36.6 Å². The average molecular weight is 460 g/mol. The van der Waals surface area contributed by atoms with Gasteiger partial charge in [-0.2, -0.15) is 0 Å². The third-order valence-electron chi connectivity index (χ3n) is 5.92. The summed E-state index contributed by atoms with van der Waals surface area (Å²) in [5.74, 6) is -0.176. The summed E-state index contributed by atoms with van der Waals surface area (Å²) >= 11 is 0. The Kier molecular flexibility index (Phi) is 6.35. The number of allylic oxidation sites excluding steroid dienone is 5. The molecule has 0 spiro atoms. The second kappa shape index (κ2) is 9.03. The largest absolute Gasteiger partial charge is 0.457 e. The Bertz CT molecular complexity index is 1160. The molecule has 2 aliphatic heterocycles. The summed E-state index contributed by atoms with van der Waals surface area (Å²) in [6.45, 7) is 2.32. The first-order chi connectivity index (χ1) is 15.3. The summed E-state index contributed by atoms with van der Waals surface area (Å²) in [6, 6.07) is 4.81. The van der Waals surface area contributed by atoms with Crippen LogP contribution in [0, 0.1) is 12.3 Å². The molecule has 1 aromatic rings. The minimum Gasteiger partial charge on any atom is -0.457 e. The highest BCUT2D eigenvalue weighted by Gasteiger charge is 2.41. The number of halogens is 1. The summed E-state index contributed by atoms with van der Waals surface area (Å²) in [7, 11) is -1.55. The molecule has 0 bridgehead atoms. The summed E-state index contributed by atoms with van der Waals surface area (Å²) < 4.78 is 44.9. The van der Waals surface area contributed by atoms with Gasteiger partial charge < -0.3 is 15.0 Å². The molecule has 2 unspecified atom stereocenters. The fourth-order valence-corrected chi connectivity index (χ4v) is 5.09. The first-order valence-electron chi connectivity index (χ1n) is 10.6. The Hall–Kier alpha value is -2.71. The first-order valence-corrected chi connectivity index (χ1v) is 12.4. The van der Waals surface area contributed by atoms with Gasteiger partial charge in [-0.3, -0.25) is 4.79 Å². The molecule has 0 saturated carbocycles. The van der Waals surface area contributed by atoms with Crippen LogP contribution >= 0.6 is 0 Å². The Balaban J connectivity index is 0.00000306. The van der Waals surface area contributed by atoms with Gasteiger partial charge in [0.2, 0.25) is 5.91 Å². The van der Waals surface area contributed by atoms with Gasteiger partial charge in [0.15, 0.2) is 15.7 Å². The van der Waals surface area contributed by atoms with Crippen molar-refractivity contribution in [2.75, 3.05) is 19.3 Å². The lowest BCUT2D eigenvalue weighted by Crippen LogP contribution is -2.46. The van der Waals surface area contributed by atoms with Crippen molar-refractivity contribution in [2.45, 2.75) is 25.1 Å². The second-order valence-corrected chi connectivity index (χ2v) is 10.4. The normalized spacial score (nSPS) is 23.3. The van der Waals surface area contributed by atoms with E-state index in [9.17, 15) is 17.6 Å². The topological polar surface area (TPSA) is 75.7 Å². The SMILES string of the molecule is CCS(=O)(=O)Cc1ccc(OC2=C(F)C=CC=C[CH]2)c(C2=CN(C)C(=O)C3NCCC23)c1.[HH]. The van der Waals surface area contributed by atoms with Gasteiger partial charge in [0.1, 0.15) is 11.5 Å². The van der Waals surface area contributed by atoms with Crippen molar-refractivity contribution in [1.82, 2.24) is 10.2 Å². The van der Waals surface area contributed by atoms with E-state index < -0.39 is 15.7 Å². The number of benzene rings is 1. The number of fused-ring (bicyclic) bond motifs is 1. The molecule has 2 heterocycles. The van der Waals surface area contributed by atoms with E-state index in [1.54, 1.807) is 63.0 Å². The summed E-state index contributed by atoms with van der Waals surface area (Å²) in [4.78, 5) is 14.1. The van der Waals surface area contributed by atoms with Crippen LogP contribution in [-0.2, 0) is 20.4 Å². The predicted octanol–water partition coefficient (Wildman–Crippen LogP) is 3.55. The molecule has 1 radical (unpaired) electrons. The Morgan fingerprint density at radius 1 is 1.28 bits per heavy atom. The van der Waals surface area contributed by atoms with Gasteiger partial charge in [-0.1, -0.05) is 31.2 Å². The Morgan fingerprint density at radius 3 is 2.88 bits per heavy atom. The standard InChI is InChI=1S/C24H26FN2O4S.H2/c1-3-32(29,30)15-16-9-10-21(31-22-8-6-4-5-7-20(22)25)18(13-16)19-14-27(2)24(28)23-17(19)11-12-26-23;/h4-10,13-14,17,23,26H,3,11-12,15H2,1-2H3;1H. The van der Waals surface area contributed by atoms with Crippen molar-refractivity contribution < 1.29 is 23.8 Å². The van der Waals surface area contributed by atoms with E-state index in [4.69, 9.17) is 4.74 Å². The minimum atomic E-state index is -3.24. The molecule has 1 aliphatic carbocycles. The lowest BCUT2D eigenvalue weighted by molar-refractivity contribution is -0.130. The van der Waals surface area contributed by atoms with Gasteiger partial charge in [-0.25, -0.2) is 12.8 Å². The van der Waals surface area contributed by atoms with Crippen LogP contribution in [0.2, 0.25) is 0 Å². The van der Waals surface area contributed by atoms with Gasteiger partial charge in [-0.05, 0) is 42.3 Å². The summed E-state index contributed by atoms with van der Waals surface area (Å²) in [6.07, 6.45) is 10.4. The van der Waals surface area contributed by atoms with Gasteiger partial charge in [0.05, 0.1) is 18.2 Å². The molecule has 1 N–H and O–H groups in total. The lowest BCUT2D eigenvalue weighted by atomic mass is 9.84. The average Bonchev–Trinajstić information content (AvgIpc) is 3.17.